The van der Waals surface area contributed by atoms with Crippen LogP contribution in [-0.2, 0) is 16.0 Å². The van der Waals surface area contributed by atoms with Gasteiger partial charge in [-0.05, 0) is 24.5 Å². The number of benzene rings is 1. The van der Waals surface area contributed by atoms with E-state index in [4.69, 9.17) is 9.47 Å². The number of nitrogens with one attached hydrogen (secondary N) is 1. The Kier molecular flexibility index (Phi) is 4.20. The maximum absolute atomic E-state index is 12.0. The summed E-state index contributed by atoms with van der Waals surface area (Å²) in [5.74, 6) is 0.773. The van der Waals surface area contributed by atoms with Crippen molar-refractivity contribution >= 4 is 5.91 Å². The molecule has 1 aromatic carbocycles. The summed E-state index contributed by atoms with van der Waals surface area (Å²) >= 11 is 0. The topological polar surface area (TPSA) is 47.6 Å². The van der Waals surface area contributed by atoms with E-state index in [0.717, 1.165) is 29.7 Å². The molecule has 4 heteroatoms. The van der Waals surface area contributed by atoms with Gasteiger partial charge < -0.3 is 14.8 Å². The largest absolute Gasteiger partial charge is 0.496 e. The van der Waals surface area contributed by atoms with Gasteiger partial charge in [0.05, 0.1) is 13.7 Å². The van der Waals surface area contributed by atoms with Gasteiger partial charge in [-0.3, -0.25) is 4.79 Å². The Balaban J connectivity index is 2.25. The molecule has 0 fully saturated rings. The number of carbonyl (C=O) groups is 1. The van der Waals surface area contributed by atoms with Crippen LogP contribution >= 0.6 is 0 Å². The van der Waals surface area contributed by atoms with E-state index in [1.165, 1.54) is 0 Å². The summed E-state index contributed by atoms with van der Waals surface area (Å²) < 4.78 is 10.9. The molecule has 0 aliphatic carbocycles. The molecule has 0 radical (unpaired) electrons. The molecule has 4 nitrogen and oxygen atoms in total. The Hall–Kier alpha value is -1.55. The van der Waals surface area contributed by atoms with Gasteiger partial charge in [0.15, 0.2) is 6.10 Å². The molecular weight excluding hydrogens is 230 g/mol. The van der Waals surface area contributed by atoms with Crippen LogP contribution in [-0.4, -0.2) is 26.2 Å². The molecule has 1 amide bonds. The molecule has 98 valence electrons. The zero-order valence-electron chi connectivity index (χ0n) is 10.9. The van der Waals surface area contributed by atoms with E-state index in [9.17, 15) is 4.79 Å². The Bertz CT molecular complexity index is 431. The van der Waals surface area contributed by atoms with Crippen molar-refractivity contribution in [2.75, 3.05) is 20.3 Å². The first kappa shape index (κ1) is 12.9. The van der Waals surface area contributed by atoms with Crippen molar-refractivity contribution in [2.24, 2.45) is 0 Å². The van der Waals surface area contributed by atoms with Gasteiger partial charge in [0.1, 0.15) is 5.75 Å². The standard InChI is InChI=1S/C14H19NO3/c1-3-8-15-14(16)13-11-5-4-6-12(17-2)10(11)7-9-18-13/h4-6,13H,3,7-9H2,1-2H3,(H,15,16). The van der Waals surface area contributed by atoms with Crippen molar-refractivity contribution in [1.82, 2.24) is 5.32 Å². The molecule has 0 spiro atoms. The number of fused-ring (bicyclic) bond motifs is 1. The van der Waals surface area contributed by atoms with Crippen LogP contribution < -0.4 is 10.1 Å². The lowest BCUT2D eigenvalue weighted by molar-refractivity contribution is -0.134. The Morgan fingerprint density at radius 1 is 1.56 bits per heavy atom. The fourth-order valence-corrected chi connectivity index (χ4v) is 2.21. The van der Waals surface area contributed by atoms with Gasteiger partial charge >= 0.3 is 0 Å². The molecule has 0 aromatic heterocycles. The highest BCUT2D eigenvalue weighted by Crippen LogP contribution is 2.33. The van der Waals surface area contributed by atoms with Crippen LogP contribution in [0.5, 0.6) is 5.75 Å². The minimum absolute atomic E-state index is 0.0638. The molecule has 1 unspecified atom stereocenters. The van der Waals surface area contributed by atoms with E-state index in [1.54, 1.807) is 7.11 Å². The molecule has 0 bridgehead atoms. The Labute approximate surface area is 107 Å². The number of ether oxygens (including phenoxy) is 2. The lowest BCUT2D eigenvalue weighted by Gasteiger charge is -2.26. The van der Waals surface area contributed by atoms with Crippen LogP contribution in [0.4, 0.5) is 0 Å². The molecule has 1 N–H and O–H groups in total. The first-order valence-electron chi connectivity index (χ1n) is 6.33. The molecular formula is C14H19NO3. The zero-order valence-corrected chi connectivity index (χ0v) is 10.9. The summed E-state index contributed by atoms with van der Waals surface area (Å²) in [6.07, 6.45) is 1.20. The third-order valence-electron chi connectivity index (χ3n) is 3.10. The molecule has 18 heavy (non-hydrogen) atoms. The second-order valence-electron chi connectivity index (χ2n) is 4.32. The van der Waals surface area contributed by atoms with Gasteiger partial charge in [-0.25, -0.2) is 0 Å². The van der Waals surface area contributed by atoms with Crippen LogP contribution in [0.3, 0.4) is 0 Å². The van der Waals surface area contributed by atoms with E-state index < -0.39 is 6.10 Å². The van der Waals surface area contributed by atoms with Crippen molar-refractivity contribution in [2.45, 2.75) is 25.9 Å². The number of carbonyl (C=O) groups excluding carboxylic acids is 1. The van der Waals surface area contributed by atoms with E-state index >= 15 is 0 Å². The van der Waals surface area contributed by atoms with Crippen LogP contribution in [0.25, 0.3) is 0 Å². The minimum Gasteiger partial charge on any atom is -0.496 e. The first-order chi connectivity index (χ1) is 8.77. The number of hydrogen-bond acceptors (Lipinski definition) is 3. The maximum atomic E-state index is 12.0. The van der Waals surface area contributed by atoms with Gasteiger partial charge in [-0.1, -0.05) is 19.1 Å². The highest BCUT2D eigenvalue weighted by molar-refractivity contribution is 5.83. The minimum atomic E-state index is -0.504. The van der Waals surface area contributed by atoms with Crippen molar-refractivity contribution < 1.29 is 14.3 Å². The molecule has 1 heterocycles. The lowest BCUT2D eigenvalue weighted by Crippen LogP contribution is -2.34. The third-order valence-corrected chi connectivity index (χ3v) is 3.10. The Morgan fingerprint density at radius 2 is 2.39 bits per heavy atom. The van der Waals surface area contributed by atoms with Crippen LogP contribution in [0.1, 0.15) is 30.6 Å². The summed E-state index contributed by atoms with van der Waals surface area (Å²) in [7, 11) is 1.65. The van der Waals surface area contributed by atoms with Crippen LogP contribution in [0.15, 0.2) is 18.2 Å². The molecule has 1 aliphatic rings. The van der Waals surface area contributed by atoms with Crippen molar-refractivity contribution in [3.63, 3.8) is 0 Å². The van der Waals surface area contributed by atoms with Gasteiger partial charge in [0, 0.05) is 12.1 Å². The van der Waals surface area contributed by atoms with Gasteiger partial charge in [-0.15, -0.1) is 0 Å². The quantitative estimate of drug-likeness (QED) is 0.885. The normalized spacial score (nSPS) is 18.0. The molecule has 2 rings (SSSR count). The van der Waals surface area contributed by atoms with E-state index in [2.05, 4.69) is 5.32 Å². The van der Waals surface area contributed by atoms with Crippen molar-refractivity contribution in [3.05, 3.63) is 29.3 Å². The second kappa shape index (κ2) is 5.87. The van der Waals surface area contributed by atoms with Gasteiger partial charge in [0.25, 0.3) is 5.91 Å². The fraction of sp³-hybridized carbons (Fsp3) is 0.500. The van der Waals surface area contributed by atoms with Gasteiger partial charge in [-0.2, -0.15) is 0 Å². The second-order valence-corrected chi connectivity index (χ2v) is 4.32. The highest BCUT2D eigenvalue weighted by atomic mass is 16.5. The summed E-state index contributed by atoms with van der Waals surface area (Å²) in [6, 6.07) is 5.75. The average Bonchev–Trinajstić information content (AvgIpc) is 2.43. The smallest absolute Gasteiger partial charge is 0.253 e. The third kappa shape index (κ3) is 2.48. The van der Waals surface area contributed by atoms with Crippen LogP contribution in [0, 0.1) is 0 Å². The van der Waals surface area contributed by atoms with E-state index in [-0.39, 0.29) is 5.91 Å². The molecule has 0 saturated carbocycles. The van der Waals surface area contributed by atoms with Crippen molar-refractivity contribution in [3.8, 4) is 5.75 Å². The SMILES string of the molecule is CCCNC(=O)C1OCCc2c(OC)cccc21. The van der Waals surface area contributed by atoms with Gasteiger partial charge in [0.2, 0.25) is 0 Å². The average molecular weight is 249 g/mol. The van der Waals surface area contributed by atoms with Crippen molar-refractivity contribution in [1.29, 1.82) is 0 Å². The summed E-state index contributed by atoms with van der Waals surface area (Å²) in [5, 5.41) is 2.88. The first-order valence-corrected chi connectivity index (χ1v) is 6.33. The Morgan fingerprint density at radius 3 is 3.11 bits per heavy atom. The summed E-state index contributed by atoms with van der Waals surface area (Å²) in [6.45, 7) is 3.26. The van der Waals surface area contributed by atoms with Crippen LogP contribution in [0.2, 0.25) is 0 Å². The monoisotopic (exact) mass is 249 g/mol. The zero-order chi connectivity index (χ0) is 13.0. The van der Waals surface area contributed by atoms with E-state index in [1.807, 2.05) is 25.1 Å². The van der Waals surface area contributed by atoms with E-state index in [0.29, 0.717) is 13.2 Å². The predicted octanol–water partition coefficient (Wildman–Crippen LogP) is 1.84. The lowest BCUT2D eigenvalue weighted by atomic mass is 9.96. The predicted molar refractivity (Wildman–Crippen MR) is 68.7 cm³/mol. The fourth-order valence-electron chi connectivity index (χ4n) is 2.21. The maximum Gasteiger partial charge on any atom is 0.253 e. The number of methoxy groups -OCH3 is 1. The molecule has 0 saturated heterocycles. The highest BCUT2D eigenvalue weighted by Gasteiger charge is 2.28. The molecule has 1 atom stereocenters. The molecule has 1 aromatic rings. The number of rotatable bonds is 4. The summed E-state index contributed by atoms with van der Waals surface area (Å²) in [5.41, 5.74) is 2.01. The summed E-state index contributed by atoms with van der Waals surface area (Å²) in [4.78, 5) is 12.0. The number of hydrogen-bond donors (Lipinski definition) is 1. The molecule has 1 aliphatic heterocycles. The number of amides is 1.